The van der Waals surface area contributed by atoms with Crippen molar-refractivity contribution in [1.29, 1.82) is 0 Å². The fraction of sp³-hybridized carbons (Fsp3) is 0.456. The number of anilines is 2. The van der Waals surface area contributed by atoms with Crippen molar-refractivity contribution in [3.05, 3.63) is 227 Å². The first-order valence-corrected chi connectivity index (χ1v) is 59.3. The number of aliphatic hydroxyl groups is 1. The number of nitrogen functional groups attached to an aromatic ring is 2. The molecule has 6 rings (SSSR count). The monoisotopic (exact) mass is 2820 g/mol. The van der Waals surface area contributed by atoms with Gasteiger partial charge in [0.1, 0.15) is -0.0619 Å². The van der Waals surface area contributed by atoms with E-state index in [1.807, 2.05) is 251 Å². The molecule has 7 N–H and O–H groups in total. The maximum atomic E-state index is 10.0. The van der Waals surface area contributed by atoms with E-state index in [1.54, 1.807) is 101 Å². The van der Waals surface area contributed by atoms with E-state index in [4.69, 9.17) is 16.6 Å². The van der Waals surface area contributed by atoms with Crippen LogP contribution in [0.5, 0.6) is 0 Å². The van der Waals surface area contributed by atoms with Crippen LogP contribution in [0.3, 0.4) is 0 Å². The Morgan fingerprint density at radius 1 is 0.396 bits per heavy atom. The molecule has 0 aliphatic carbocycles. The molecular weight excluding hydrogens is 2690 g/mol. The van der Waals surface area contributed by atoms with E-state index in [0.717, 1.165) is 18.4 Å². The topological polar surface area (TPSA) is 296 Å². The molecule has 0 heterocycles. The molecule has 0 bridgehead atoms. The van der Waals surface area contributed by atoms with Crippen LogP contribution in [0.25, 0.3) is 0 Å². The summed E-state index contributed by atoms with van der Waals surface area (Å²) in [5.74, 6) is 0. The summed E-state index contributed by atoms with van der Waals surface area (Å²) in [6.45, 7) is 32.0. The molecule has 0 aromatic heterocycles. The van der Waals surface area contributed by atoms with Gasteiger partial charge in [-0.15, -0.1) is 0 Å². The Kier molecular flexibility index (Phi) is 291. The Morgan fingerprint density at radius 2 is 0.465 bits per heavy atom. The standard InChI is InChI=1S/4C6H5NO2.2C6H7N.2C3H9N.2C2H6O.8C2H6.CHI3.CH2I2.CH3I.CH2I.CH5N.CH4O.I3.I2.V/c4*8-7(9)6-4-2-1-3-5-6;2*7-6-4-2-1-3-5-6;2*1-4(2)3;2*1-3-2;8*1-2;2-1(3)4;2-1-3;4*1-2;1-3-2;1-2;/h4*1-5H;2*1-5H,7H2;2*1-3H3;2*1-2H3;8*1-2H3;1H;1H2;1H3;1H2;2H2,1H3;2H,1H3;;;/q;;;;;;;;;;;;;;;;;;;;;-1;;;-1;;. The van der Waals surface area contributed by atoms with E-state index in [-0.39, 0.29) is 41.3 Å². The van der Waals surface area contributed by atoms with Crippen LogP contribution in [0.4, 0.5) is 34.1 Å². The second-order valence-corrected chi connectivity index (χ2v) is 44.7. The molecule has 1 radical (unpaired) electrons. The molecule has 0 atom stereocenters. The Hall–Kier alpha value is 1.62. The average Bonchev–Trinajstić information content (AvgIpc) is 1.43. The van der Waals surface area contributed by atoms with Crippen molar-refractivity contribution in [3.63, 3.8) is 0 Å². The number of hydrogen-bond acceptors (Lipinski definition) is 16. The maximum Gasteiger partial charge on any atom is 0.269 e. The summed E-state index contributed by atoms with van der Waals surface area (Å²) >= 11 is 25.1. The number of aliphatic hydroxyl groups excluding tert-OH is 1. The first kappa shape index (κ1) is 159. The van der Waals surface area contributed by atoms with E-state index in [0.29, 0.717) is 13.3 Å². The van der Waals surface area contributed by atoms with Gasteiger partial charge in [-0.3, -0.25) is 45.4 Å². The first-order chi connectivity index (χ1) is 47.9. The van der Waals surface area contributed by atoms with Crippen molar-refractivity contribution in [2.75, 3.05) is 104 Å². The SMILES string of the molecule is CC.CC.CC.CC.CC.CC.CC.CC.CI.CN.CN(C)C.CN(C)C.CO.COC.COC.IC(I)I.ICI.II.I[I-]I.Nc1ccccc1.Nc1ccccc1.O=[N+]([O-])c1ccccc1.O=[N+]([O-])c1ccccc1.O=[N+]([O-])c1ccccc1.O=[N+]([O-])c1ccccc1.[CH2-]I.[V]. The van der Waals surface area contributed by atoms with Crippen LogP contribution in [0.1, 0.15) is 111 Å². The smallest absolute Gasteiger partial charge is 0.269 e. The minimum Gasteiger partial charge on any atom is -0.399 e. The molecule has 603 valence electrons. The Balaban J connectivity index is -0.0000000356. The fourth-order valence-corrected chi connectivity index (χ4v) is 3.10. The number of non-ortho nitro benzene ring substituents is 4. The van der Waals surface area contributed by atoms with E-state index < -0.39 is 19.7 Å². The summed E-state index contributed by atoms with van der Waals surface area (Å²) in [5, 5.41) is 47.0. The van der Waals surface area contributed by atoms with Crippen LogP contribution < -0.4 is 30.5 Å². The molecule has 0 aliphatic rings. The van der Waals surface area contributed by atoms with Crippen LogP contribution in [0.2, 0.25) is 0 Å². The van der Waals surface area contributed by atoms with Gasteiger partial charge in [-0.2, -0.15) is 0 Å². The Bertz CT molecular complexity index is 1850. The van der Waals surface area contributed by atoms with Crippen molar-refractivity contribution in [3.8, 4) is 0 Å². The van der Waals surface area contributed by atoms with Gasteiger partial charge in [-0.05, 0) is 78.5 Å². The molecule has 0 amide bonds. The zero-order chi connectivity index (χ0) is 84.5. The summed E-state index contributed by atoms with van der Waals surface area (Å²) in [7, 11) is 21.0. The maximum absolute atomic E-state index is 10.0. The molecule has 0 unspecified atom stereocenters. The van der Waals surface area contributed by atoms with Gasteiger partial charge in [-0.25, -0.2) is 0 Å². The fourth-order valence-electron chi connectivity index (χ4n) is 3.10. The van der Waals surface area contributed by atoms with E-state index in [9.17, 15) is 40.5 Å². The van der Waals surface area contributed by atoms with Gasteiger partial charge in [0.05, 0.1) is 22.1 Å². The molecule has 6 aromatic carbocycles. The third-order valence-electron chi connectivity index (χ3n) is 5.47. The molecule has 0 saturated heterocycles. The predicted molar refractivity (Wildman–Crippen MR) is 542 cm³/mol. The van der Waals surface area contributed by atoms with Gasteiger partial charge < -0.3 is 64.2 Å². The van der Waals surface area contributed by atoms with Crippen LogP contribution in [-0.4, -0.2) is 127 Å². The van der Waals surface area contributed by atoms with Crippen LogP contribution in [0.15, 0.2) is 182 Å². The second-order valence-electron chi connectivity index (χ2n) is 13.1. The third kappa shape index (κ3) is 234. The Labute approximate surface area is 777 Å². The summed E-state index contributed by atoms with van der Waals surface area (Å²) in [5.41, 5.74) is 17.4. The molecule has 0 saturated carbocycles. The van der Waals surface area contributed by atoms with Crippen molar-refractivity contribution in [1.82, 2.24) is 9.80 Å². The number of nitrogens with two attached hydrogens (primary N) is 3. The Morgan fingerprint density at radius 3 is 0.505 bits per heavy atom. The summed E-state index contributed by atoms with van der Waals surface area (Å²) in [6, 6.07) is 50.7. The van der Waals surface area contributed by atoms with Crippen molar-refractivity contribution in [2.24, 2.45) is 5.73 Å². The molecule has 0 aliphatic heterocycles. The quantitative estimate of drug-likeness (QED) is 0.0318. The molecule has 6 aromatic rings. The molecular formula is C68H129I12N9O11V-2. The number of rotatable bonds is 4. The number of hydrogen-bond donors (Lipinski definition) is 4. The molecule has 20 nitrogen and oxygen atoms in total. The number of benzene rings is 6. The van der Waals surface area contributed by atoms with Gasteiger partial charge in [0.25, 0.3) is 22.7 Å². The minimum atomic E-state index is -0.417. The number of para-hydroxylation sites is 6. The second kappa shape index (κ2) is 185. The molecule has 0 spiro atoms. The molecule has 101 heavy (non-hydrogen) atoms. The van der Waals surface area contributed by atoms with Crippen LogP contribution in [-0.2, 0) is 28.0 Å². The average molecular weight is 2820 g/mol. The number of nitro benzene ring substituents is 4. The van der Waals surface area contributed by atoms with Crippen LogP contribution in [0, 0.1) is 45.4 Å². The van der Waals surface area contributed by atoms with Crippen molar-refractivity contribution in [2.45, 2.75) is 111 Å². The molecule has 0 fully saturated rings. The van der Waals surface area contributed by atoms with Crippen molar-refractivity contribution >= 4 is 267 Å². The van der Waals surface area contributed by atoms with Gasteiger partial charge in [0, 0.05) is 151 Å². The summed E-state index contributed by atoms with van der Waals surface area (Å²) in [6.07, 6.45) is 0. The summed E-state index contributed by atoms with van der Waals surface area (Å²) < 4.78 is 10.4. The largest absolute Gasteiger partial charge is 0.399 e. The van der Waals surface area contributed by atoms with Gasteiger partial charge in [0.15, 0.2) is 0 Å². The number of alkyl halides is 6. The zero-order valence-electron chi connectivity index (χ0n) is 65.2. The van der Waals surface area contributed by atoms with Crippen molar-refractivity contribution < 1.29 is 66.1 Å². The number of nitrogens with zero attached hydrogens (tertiary/aromatic N) is 6. The number of methoxy groups -OCH3 is 2. The van der Waals surface area contributed by atoms with Gasteiger partial charge in [-0.1, -0.05) is 356 Å². The van der Waals surface area contributed by atoms with E-state index in [1.165, 1.54) is 58.0 Å². The number of halogens is 12. The minimum absolute atomic E-state index is 0. The normalized spacial score (nSPS) is 6.95. The van der Waals surface area contributed by atoms with Gasteiger partial charge >= 0.3 is 50.5 Å². The summed E-state index contributed by atoms with van der Waals surface area (Å²) in [4.78, 5) is 47.5. The zero-order valence-corrected chi connectivity index (χ0v) is 92.5. The van der Waals surface area contributed by atoms with Crippen LogP contribution >= 0.6 is 233 Å². The first-order valence-electron chi connectivity index (χ1n) is 30.0. The molecule has 33 heteroatoms. The predicted octanol–water partition coefficient (Wildman–Crippen LogP) is 24.4. The number of ether oxygens (including phenoxy) is 2. The number of nitro groups is 4. The van der Waals surface area contributed by atoms with E-state index in [2.05, 4.69) is 230 Å². The van der Waals surface area contributed by atoms with E-state index >= 15 is 0 Å². The van der Waals surface area contributed by atoms with Gasteiger partial charge in [0.2, 0.25) is 0 Å². The third-order valence-corrected chi connectivity index (χ3v) is 5.47.